The highest BCUT2D eigenvalue weighted by Gasteiger charge is 2.20. The van der Waals surface area contributed by atoms with Gasteiger partial charge in [0.15, 0.2) is 0 Å². The smallest absolute Gasteiger partial charge is 0.302 e. The maximum atomic E-state index is 11.0. The molecule has 5 heteroatoms. The second-order valence-electron chi connectivity index (χ2n) is 5.58. The molecule has 0 bridgehead atoms. The van der Waals surface area contributed by atoms with Crippen molar-refractivity contribution in [3.63, 3.8) is 0 Å². The molecule has 3 rings (SSSR count). The Morgan fingerprint density at radius 2 is 2.04 bits per heavy atom. The van der Waals surface area contributed by atoms with E-state index in [9.17, 15) is 4.79 Å². The number of halogens is 1. The molecule has 2 aromatic rings. The average molecular weight is 343 g/mol. The number of benzene rings is 2. The molecule has 0 N–H and O–H groups in total. The summed E-state index contributed by atoms with van der Waals surface area (Å²) in [6.45, 7) is 3.86. The summed E-state index contributed by atoms with van der Waals surface area (Å²) < 4.78 is 5.09. The zero-order valence-electron chi connectivity index (χ0n) is 13.5. The molecular weight excluding hydrogens is 324 g/mol. The lowest BCUT2D eigenvalue weighted by molar-refractivity contribution is -0.140. The normalized spacial score (nSPS) is 13.8. The summed E-state index contributed by atoms with van der Waals surface area (Å²) in [5.74, 6) is -0.262. The molecule has 0 saturated carbocycles. The number of hydrogen-bond acceptors (Lipinski definition) is 4. The maximum absolute atomic E-state index is 11.0. The number of fused-ring (bicyclic) bond motifs is 1. The number of carbonyl (C=O) groups is 1. The Balaban J connectivity index is 1.95. The van der Waals surface area contributed by atoms with Gasteiger partial charge in [-0.15, -0.1) is 0 Å². The zero-order valence-corrected chi connectivity index (χ0v) is 14.3. The molecule has 4 nitrogen and oxygen atoms in total. The van der Waals surface area contributed by atoms with Gasteiger partial charge in [0.05, 0.1) is 18.8 Å². The third-order valence-corrected chi connectivity index (χ3v) is 4.14. The summed E-state index contributed by atoms with van der Waals surface area (Å²) >= 11 is 6.23. The van der Waals surface area contributed by atoms with Crippen molar-refractivity contribution in [1.29, 1.82) is 0 Å². The monoisotopic (exact) mass is 342 g/mol. The van der Waals surface area contributed by atoms with Gasteiger partial charge in [-0.3, -0.25) is 9.79 Å². The first-order valence-corrected chi connectivity index (χ1v) is 8.31. The van der Waals surface area contributed by atoms with Crippen molar-refractivity contribution < 1.29 is 9.53 Å². The van der Waals surface area contributed by atoms with E-state index in [1.54, 1.807) is 0 Å². The van der Waals surface area contributed by atoms with Crippen molar-refractivity contribution in [2.75, 3.05) is 31.1 Å². The highest BCUT2D eigenvalue weighted by molar-refractivity contribution is 6.31. The number of ether oxygens (including phenoxy) is 1. The molecule has 2 aromatic carbocycles. The van der Waals surface area contributed by atoms with Crippen molar-refractivity contribution in [1.82, 2.24) is 0 Å². The Morgan fingerprint density at radius 1 is 1.25 bits per heavy atom. The van der Waals surface area contributed by atoms with Crippen LogP contribution in [-0.2, 0) is 9.53 Å². The highest BCUT2D eigenvalue weighted by atomic mass is 35.5. The molecule has 0 fully saturated rings. The Bertz CT molecular complexity index is 759. The SMILES string of the molecule is CC(=O)OCCN1CCN=C(c2ccccc2)c2cc(Cl)ccc21. The summed E-state index contributed by atoms with van der Waals surface area (Å²) in [4.78, 5) is 18.0. The van der Waals surface area contributed by atoms with Gasteiger partial charge in [0.1, 0.15) is 6.61 Å². The minimum absolute atomic E-state index is 0.262. The van der Waals surface area contributed by atoms with Crippen molar-refractivity contribution in [2.45, 2.75) is 6.92 Å². The zero-order chi connectivity index (χ0) is 16.9. The lowest BCUT2D eigenvalue weighted by Crippen LogP contribution is -2.30. The van der Waals surface area contributed by atoms with E-state index in [1.807, 2.05) is 36.4 Å². The minimum Gasteiger partial charge on any atom is -0.464 e. The van der Waals surface area contributed by atoms with Gasteiger partial charge >= 0.3 is 5.97 Å². The second-order valence-corrected chi connectivity index (χ2v) is 6.02. The fraction of sp³-hybridized carbons (Fsp3) is 0.263. The number of anilines is 1. The number of hydrogen-bond donors (Lipinski definition) is 0. The van der Waals surface area contributed by atoms with Crippen LogP contribution in [0.3, 0.4) is 0 Å². The molecule has 0 saturated heterocycles. The largest absolute Gasteiger partial charge is 0.464 e. The first-order chi connectivity index (χ1) is 11.6. The van der Waals surface area contributed by atoms with E-state index in [1.165, 1.54) is 6.92 Å². The number of esters is 1. The first-order valence-electron chi connectivity index (χ1n) is 7.93. The fourth-order valence-electron chi connectivity index (χ4n) is 2.84. The molecule has 124 valence electrons. The number of aliphatic imine (C=N–C) groups is 1. The summed E-state index contributed by atoms with van der Waals surface area (Å²) in [5.41, 5.74) is 4.09. The maximum Gasteiger partial charge on any atom is 0.302 e. The van der Waals surface area contributed by atoms with Crippen LogP contribution < -0.4 is 4.90 Å². The van der Waals surface area contributed by atoms with Crippen LogP contribution in [0.1, 0.15) is 18.1 Å². The summed E-state index contributed by atoms with van der Waals surface area (Å²) in [5, 5.41) is 0.680. The Morgan fingerprint density at radius 3 is 2.79 bits per heavy atom. The number of carbonyl (C=O) groups excluding carboxylic acids is 1. The van der Waals surface area contributed by atoms with Crippen molar-refractivity contribution in [3.05, 3.63) is 64.7 Å². The Labute approximate surface area is 146 Å². The van der Waals surface area contributed by atoms with Crippen LogP contribution in [0, 0.1) is 0 Å². The first kappa shape index (κ1) is 16.5. The van der Waals surface area contributed by atoms with Gasteiger partial charge < -0.3 is 9.64 Å². The molecule has 0 aliphatic carbocycles. The van der Waals surface area contributed by atoms with Gasteiger partial charge in [-0.05, 0) is 18.2 Å². The Hall–Kier alpha value is -2.33. The topological polar surface area (TPSA) is 41.9 Å². The molecule has 0 amide bonds. The van der Waals surface area contributed by atoms with Gasteiger partial charge in [-0.1, -0.05) is 41.9 Å². The van der Waals surface area contributed by atoms with Crippen LogP contribution in [0.2, 0.25) is 5.02 Å². The van der Waals surface area contributed by atoms with Crippen LogP contribution in [0.4, 0.5) is 5.69 Å². The molecular formula is C19H19ClN2O2. The predicted octanol–water partition coefficient (Wildman–Crippen LogP) is 3.56. The van der Waals surface area contributed by atoms with Crippen LogP contribution in [0.5, 0.6) is 0 Å². The van der Waals surface area contributed by atoms with E-state index in [0.717, 1.165) is 29.1 Å². The van der Waals surface area contributed by atoms with Crippen LogP contribution in [-0.4, -0.2) is 37.9 Å². The van der Waals surface area contributed by atoms with E-state index in [-0.39, 0.29) is 5.97 Å². The summed E-state index contributed by atoms with van der Waals surface area (Å²) in [6, 6.07) is 16.0. The average Bonchev–Trinajstić information content (AvgIpc) is 2.75. The molecule has 0 radical (unpaired) electrons. The number of rotatable bonds is 4. The van der Waals surface area contributed by atoms with Crippen molar-refractivity contribution in [2.24, 2.45) is 4.99 Å². The van der Waals surface area contributed by atoms with E-state index in [2.05, 4.69) is 17.0 Å². The predicted molar refractivity (Wildman–Crippen MR) is 97.2 cm³/mol. The third kappa shape index (κ3) is 3.77. The van der Waals surface area contributed by atoms with Crippen molar-refractivity contribution in [3.8, 4) is 0 Å². The molecule has 0 atom stereocenters. The quantitative estimate of drug-likeness (QED) is 0.798. The van der Waals surface area contributed by atoms with E-state index >= 15 is 0 Å². The summed E-state index contributed by atoms with van der Waals surface area (Å²) in [6.07, 6.45) is 0. The minimum atomic E-state index is -0.262. The third-order valence-electron chi connectivity index (χ3n) is 3.91. The standard InChI is InChI=1S/C19H19ClN2O2/c1-14(23)24-12-11-22-10-9-21-19(15-5-3-2-4-6-15)17-13-16(20)7-8-18(17)22/h2-8,13H,9-12H2,1H3. The molecule has 1 aliphatic heterocycles. The van der Waals surface area contributed by atoms with E-state index in [0.29, 0.717) is 24.7 Å². The van der Waals surface area contributed by atoms with Gasteiger partial charge in [0.2, 0.25) is 0 Å². The van der Waals surface area contributed by atoms with E-state index in [4.69, 9.17) is 21.3 Å². The molecule has 24 heavy (non-hydrogen) atoms. The highest BCUT2D eigenvalue weighted by Crippen LogP contribution is 2.29. The fourth-order valence-corrected chi connectivity index (χ4v) is 3.01. The number of nitrogens with zero attached hydrogens (tertiary/aromatic N) is 2. The van der Waals surface area contributed by atoms with Gasteiger partial charge in [0, 0.05) is 35.3 Å². The molecule has 0 unspecified atom stereocenters. The Kier molecular flexibility index (Phi) is 5.16. The molecule has 0 aromatic heterocycles. The van der Waals surface area contributed by atoms with Gasteiger partial charge in [-0.2, -0.15) is 0 Å². The van der Waals surface area contributed by atoms with Gasteiger partial charge in [0.25, 0.3) is 0 Å². The number of benzodiazepines with no additional fused rings is 1. The van der Waals surface area contributed by atoms with Crippen LogP contribution in [0.25, 0.3) is 0 Å². The van der Waals surface area contributed by atoms with Gasteiger partial charge in [-0.25, -0.2) is 0 Å². The molecule has 1 heterocycles. The molecule has 1 aliphatic rings. The lowest BCUT2D eigenvalue weighted by Gasteiger charge is -2.24. The second kappa shape index (κ2) is 7.49. The van der Waals surface area contributed by atoms with Crippen LogP contribution in [0.15, 0.2) is 53.5 Å². The van der Waals surface area contributed by atoms with Crippen LogP contribution >= 0.6 is 11.6 Å². The van der Waals surface area contributed by atoms with E-state index < -0.39 is 0 Å². The summed E-state index contributed by atoms with van der Waals surface area (Å²) in [7, 11) is 0. The lowest BCUT2D eigenvalue weighted by atomic mass is 10.0. The van der Waals surface area contributed by atoms with Crippen molar-refractivity contribution >= 4 is 29.0 Å². The molecule has 0 spiro atoms.